The average molecular weight is 296 g/mol. The highest BCUT2D eigenvalue weighted by Crippen LogP contribution is 2.37. The van der Waals surface area contributed by atoms with Crippen molar-refractivity contribution in [3.63, 3.8) is 0 Å². The summed E-state index contributed by atoms with van der Waals surface area (Å²) in [6.07, 6.45) is 3.73. The molecule has 0 bridgehead atoms. The number of hydrogen-bond acceptors (Lipinski definition) is 4. The normalized spacial score (nSPS) is 27.9. The van der Waals surface area contributed by atoms with Gasteiger partial charge in [-0.1, -0.05) is 13.3 Å². The number of hydrogen-bond donors (Lipinski definition) is 2. The zero-order valence-electron chi connectivity index (χ0n) is 11.6. The van der Waals surface area contributed by atoms with Crippen LogP contribution in [0.15, 0.2) is 5.10 Å². The Morgan fingerprint density at radius 1 is 1.45 bits per heavy atom. The van der Waals surface area contributed by atoms with E-state index in [1.807, 2.05) is 6.92 Å². The van der Waals surface area contributed by atoms with Crippen molar-refractivity contribution in [2.75, 3.05) is 6.54 Å². The van der Waals surface area contributed by atoms with Crippen molar-refractivity contribution in [2.24, 2.45) is 22.7 Å². The van der Waals surface area contributed by atoms with Crippen molar-refractivity contribution >= 4 is 34.9 Å². The molecule has 0 aromatic carbocycles. The Hall–Kier alpha value is -1.50. The summed E-state index contributed by atoms with van der Waals surface area (Å²) in [5, 5.41) is 4.22. The molecule has 1 saturated heterocycles. The summed E-state index contributed by atoms with van der Waals surface area (Å²) < 4.78 is 0. The van der Waals surface area contributed by atoms with Gasteiger partial charge in [0.25, 0.3) is 0 Å². The van der Waals surface area contributed by atoms with Crippen LogP contribution < -0.4 is 11.2 Å². The summed E-state index contributed by atoms with van der Waals surface area (Å²) in [5.74, 6) is -0.464. The number of amides is 2. The molecule has 1 aliphatic heterocycles. The van der Waals surface area contributed by atoms with Gasteiger partial charge in [0.05, 0.1) is 11.8 Å². The number of nitrogens with two attached hydrogens (primary N) is 1. The van der Waals surface area contributed by atoms with Crippen LogP contribution in [0.3, 0.4) is 0 Å². The van der Waals surface area contributed by atoms with E-state index in [9.17, 15) is 9.59 Å². The molecule has 2 fully saturated rings. The first-order chi connectivity index (χ1) is 9.54. The van der Waals surface area contributed by atoms with Gasteiger partial charge >= 0.3 is 0 Å². The standard InChI is InChI=1S/C13H20N4O2S/c1-2-3-6-17-11(18)9-5-4-8(15-16-13(14)20)7-10(9)12(17)19/h9-10H,2-7H2,1H3,(H3,14,16,20)/b15-8+/t9-,10+/m1/s1. The van der Waals surface area contributed by atoms with Gasteiger partial charge in [0.2, 0.25) is 11.8 Å². The monoisotopic (exact) mass is 296 g/mol. The van der Waals surface area contributed by atoms with Crippen LogP contribution in [0, 0.1) is 11.8 Å². The molecular weight excluding hydrogens is 276 g/mol. The third-order valence-corrected chi connectivity index (χ3v) is 4.00. The molecule has 0 radical (unpaired) electrons. The smallest absolute Gasteiger partial charge is 0.233 e. The summed E-state index contributed by atoms with van der Waals surface area (Å²) in [4.78, 5) is 26.0. The lowest BCUT2D eigenvalue weighted by Gasteiger charge is -2.22. The Morgan fingerprint density at radius 3 is 2.80 bits per heavy atom. The van der Waals surface area contributed by atoms with Crippen molar-refractivity contribution in [3.05, 3.63) is 0 Å². The highest BCUT2D eigenvalue weighted by molar-refractivity contribution is 7.80. The number of likely N-dealkylation sites (tertiary alicyclic amines) is 1. The number of fused-ring (bicyclic) bond motifs is 1. The minimum absolute atomic E-state index is 0.00481. The van der Waals surface area contributed by atoms with Crippen molar-refractivity contribution in [1.82, 2.24) is 10.3 Å². The summed E-state index contributed by atoms with van der Waals surface area (Å²) in [6, 6.07) is 0. The van der Waals surface area contributed by atoms with Gasteiger partial charge in [-0.05, 0) is 37.9 Å². The Morgan fingerprint density at radius 2 is 2.15 bits per heavy atom. The molecule has 2 amide bonds. The molecule has 20 heavy (non-hydrogen) atoms. The second-order valence-electron chi connectivity index (χ2n) is 5.29. The van der Waals surface area contributed by atoms with Crippen LogP contribution in [0.5, 0.6) is 0 Å². The molecule has 0 aromatic heterocycles. The largest absolute Gasteiger partial charge is 0.375 e. The van der Waals surface area contributed by atoms with Crippen LogP contribution in [0.25, 0.3) is 0 Å². The van der Waals surface area contributed by atoms with Crippen molar-refractivity contribution in [2.45, 2.75) is 39.0 Å². The second kappa shape index (κ2) is 6.30. The van der Waals surface area contributed by atoms with E-state index in [4.69, 9.17) is 18.0 Å². The maximum Gasteiger partial charge on any atom is 0.233 e. The maximum absolute atomic E-state index is 12.3. The molecule has 7 heteroatoms. The molecule has 1 heterocycles. The molecule has 1 aliphatic carbocycles. The fraction of sp³-hybridized carbons (Fsp3) is 0.692. The molecule has 0 aromatic rings. The number of hydrazone groups is 1. The third kappa shape index (κ3) is 2.98. The van der Waals surface area contributed by atoms with E-state index < -0.39 is 0 Å². The number of rotatable bonds is 4. The average Bonchev–Trinajstić information content (AvgIpc) is 2.66. The molecular formula is C13H20N4O2S. The van der Waals surface area contributed by atoms with Gasteiger partial charge in [-0.25, -0.2) is 0 Å². The molecule has 0 spiro atoms. The SMILES string of the molecule is CCCCN1C(=O)[C@H]2C/C(=N/NC(N)=S)CC[C@H]2C1=O. The minimum atomic E-state index is -0.250. The highest BCUT2D eigenvalue weighted by Gasteiger charge is 2.49. The first-order valence-electron chi connectivity index (χ1n) is 7.00. The first-order valence-corrected chi connectivity index (χ1v) is 7.41. The van der Waals surface area contributed by atoms with Crippen molar-refractivity contribution < 1.29 is 9.59 Å². The lowest BCUT2D eigenvalue weighted by molar-refractivity contribution is -0.139. The van der Waals surface area contributed by atoms with Gasteiger partial charge in [0.1, 0.15) is 0 Å². The topological polar surface area (TPSA) is 87.8 Å². The lowest BCUT2D eigenvalue weighted by atomic mass is 9.80. The summed E-state index contributed by atoms with van der Waals surface area (Å²) in [7, 11) is 0. The lowest BCUT2D eigenvalue weighted by Crippen LogP contribution is -2.32. The van der Waals surface area contributed by atoms with E-state index in [-0.39, 0.29) is 28.8 Å². The Bertz CT molecular complexity index is 463. The molecule has 6 nitrogen and oxygen atoms in total. The van der Waals surface area contributed by atoms with Crippen LogP contribution in [0.4, 0.5) is 0 Å². The predicted molar refractivity (Wildman–Crippen MR) is 79.8 cm³/mol. The van der Waals surface area contributed by atoms with Crippen LogP contribution >= 0.6 is 12.2 Å². The predicted octanol–water partition coefficient (Wildman–Crippen LogP) is 0.761. The fourth-order valence-corrected chi connectivity index (χ4v) is 2.90. The molecule has 2 atom stereocenters. The van der Waals surface area contributed by atoms with Gasteiger partial charge in [-0.2, -0.15) is 5.10 Å². The van der Waals surface area contributed by atoms with E-state index in [2.05, 4.69) is 10.5 Å². The summed E-state index contributed by atoms with van der Waals surface area (Å²) in [5.41, 5.74) is 8.74. The Labute approximate surface area is 123 Å². The van der Waals surface area contributed by atoms with Crippen LogP contribution in [-0.2, 0) is 9.59 Å². The van der Waals surface area contributed by atoms with Crippen LogP contribution in [0.1, 0.15) is 39.0 Å². The van der Waals surface area contributed by atoms with E-state index >= 15 is 0 Å². The van der Waals surface area contributed by atoms with E-state index in [1.54, 1.807) is 0 Å². The van der Waals surface area contributed by atoms with Crippen LogP contribution in [0.2, 0.25) is 0 Å². The zero-order valence-corrected chi connectivity index (χ0v) is 12.4. The number of imide groups is 1. The zero-order chi connectivity index (χ0) is 14.7. The first kappa shape index (κ1) is 14.9. The number of carbonyl (C=O) groups is 2. The Kier molecular flexibility index (Phi) is 4.69. The van der Waals surface area contributed by atoms with Crippen molar-refractivity contribution in [3.8, 4) is 0 Å². The molecule has 2 rings (SSSR count). The van der Waals surface area contributed by atoms with E-state index in [0.29, 0.717) is 25.8 Å². The van der Waals surface area contributed by atoms with Gasteiger partial charge < -0.3 is 5.73 Å². The molecule has 3 N–H and O–H groups in total. The number of thiocarbonyl (C=S) groups is 1. The molecule has 110 valence electrons. The summed E-state index contributed by atoms with van der Waals surface area (Å²) in [6.45, 7) is 2.59. The molecule has 1 saturated carbocycles. The maximum atomic E-state index is 12.3. The number of nitrogens with zero attached hydrogens (tertiary/aromatic N) is 2. The van der Waals surface area contributed by atoms with E-state index in [0.717, 1.165) is 18.6 Å². The van der Waals surface area contributed by atoms with Gasteiger partial charge in [-0.3, -0.25) is 19.9 Å². The second-order valence-corrected chi connectivity index (χ2v) is 5.73. The summed E-state index contributed by atoms with van der Waals surface area (Å²) >= 11 is 4.70. The minimum Gasteiger partial charge on any atom is -0.375 e. The quantitative estimate of drug-likeness (QED) is 0.454. The van der Waals surface area contributed by atoms with Gasteiger partial charge in [0.15, 0.2) is 5.11 Å². The van der Waals surface area contributed by atoms with Gasteiger partial charge in [0, 0.05) is 12.3 Å². The number of carbonyl (C=O) groups excluding carboxylic acids is 2. The molecule has 2 aliphatic rings. The third-order valence-electron chi connectivity index (χ3n) is 3.91. The number of unbranched alkanes of at least 4 members (excludes halogenated alkanes) is 1. The molecule has 0 unspecified atom stereocenters. The van der Waals surface area contributed by atoms with E-state index in [1.165, 1.54) is 4.90 Å². The highest BCUT2D eigenvalue weighted by atomic mass is 32.1. The van der Waals surface area contributed by atoms with Gasteiger partial charge in [-0.15, -0.1) is 0 Å². The van der Waals surface area contributed by atoms with Crippen LogP contribution in [-0.4, -0.2) is 34.1 Å². The number of nitrogens with one attached hydrogen (secondary N) is 1. The Balaban J connectivity index is 2.05. The fourth-order valence-electron chi connectivity index (χ4n) is 2.86. The van der Waals surface area contributed by atoms with Crippen molar-refractivity contribution in [1.29, 1.82) is 0 Å².